The van der Waals surface area contributed by atoms with Crippen LogP contribution in [0.2, 0.25) is 0 Å². The van der Waals surface area contributed by atoms with E-state index in [0.29, 0.717) is 5.76 Å². The standard InChI is InChI=1S/C24H22N2O6/c1-14(22(27)25-12-15-10-11-21(32-15)23(28)29)26-24(30)31-13-20-18-8-4-2-6-16(18)17-7-3-5-9-19(17)20/h2-11,14,20H,12-13H2,1H3,(H,25,27)(H,26,30)(H,28,29). The molecule has 1 aliphatic carbocycles. The molecule has 0 aliphatic heterocycles. The molecule has 1 heterocycles. The molecule has 32 heavy (non-hydrogen) atoms. The number of aromatic carboxylic acids is 1. The van der Waals surface area contributed by atoms with Gasteiger partial charge in [0.2, 0.25) is 11.7 Å². The number of carboxylic acid groups (broad SMARTS) is 1. The molecule has 0 saturated heterocycles. The quantitative estimate of drug-likeness (QED) is 0.524. The van der Waals surface area contributed by atoms with Crippen molar-refractivity contribution in [2.75, 3.05) is 6.61 Å². The number of hydrogen-bond donors (Lipinski definition) is 3. The van der Waals surface area contributed by atoms with Gasteiger partial charge in [-0.15, -0.1) is 0 Å². The number of ether oxygens (including phenoxy) is 1. The normalized spacial score (nSPS) is 13.0. The molecule has 8 nitrogen and oxygen atoms in total. The van der Waals surface area contributed by atoms with Crippen LogP contribution < -0.4 is 10.6 Å². The maximum atomic E-state index is 12.3. The van der Waals surface area contributed by atoms with Crippen molar-refractivity contribution in [1.82, 2.24) is 10.6 Å². The van der Waals surface area contributed by atoms with Crippen molar-refractivity contribution < 1.29 is 28.6 Å². The van der Waals surface area contributed by atoms with Gasteiger partial charge in [-0.1, -0.05) is 48.5 Å². The highest BCUT2D eigenvalue weighted by Gasteiger charge is 2.29. The molecule has 3 aromatic rings. The van der Waals surface area contributed by atoms with Gasteiger partial charge in [0.15, 0.2) is 0 Å². The lowest BCUT2D eigenvalue weighted by Gasteiger charge is -2.17. The third-order valence-corrected chi connectivity index (χ3v) is 5.38. The third kappa shape index (κ3) is 4.34. The minimum absolute atomic E-state index is 0.00280. The molecule has 3 N–H and O–H groups in total. The Morgan fingerprint density at radius 3 is 2.22 bits per heavy atom. The first-order chi connectivity index (χ1) is 15.4. The van der Waals surface area contributed by atoms with Crippen molar-refractivity contribution >= 4 is 18.0 Å². The summed E-state index contributed by atoms with van der Waals surface area (Å²) in [6, 6.07) is 18.0. The highest BCUT2D eigenvalue weighted by Crippen LogP contribution is 2.44. The van der Waals surface area contributed by atoms with Crippen LogP contribution in [0.4, 0.5) is 4.79 Å². The van der Waals surface area contributed by atoms with Gasteiger partial charge in [0.05, 0.1) is 6.54 Å². The van der Waals surface area contributed by atoms with Crippen LogP contribution in [0.5, 0.6) is 0 Å². The van der Waals surface area contributed by atoms with Gasteiger partial charge in [-0.3, -0.25) is 4.79 Å². The first-order valence-corrected chi connectivity index (χ1v) is 10.1. The van der Waals surface area contributed by atoms with Crippen molar-refractivity contribution in [2.24, 2.45) is 0 Å². The molecule has 1 aliphatic rings. The molecule has 0 fully saturated rings. The summed E-state index contributed by atoms with van der Waals surface area (Å²) in [5.74, 6) is -1.62. The highest BCUT2D eigenvalue weighted by molar-refractivity contribution is 5.86. The summed E-state index contributed by atoms with van der Waals surface area (Å²) in [5, 5.41) is 14.0. The first-order valence-electron chi connectivity index (χ1n) is 10.1. The van der Waals surface area contributed by atoms with Crippen molar-refractivity contribution in [3.8, 4) is 11.1 Å². The minimum Gasteiger partial charge on any atom is -0.475 e. The van der Waals surface area contributed by atoms with E-state index in [1.165, 1.54) is 19.1 Å². The van der Waals surface area contributed by atoms with Crippen LogP contribution in [0.3, 0.4) is 0 Å². The average Bonchev–Trinajstić information content (AvgIpc) is 3.39. The molecular formula is C24H22N2O6. The molecule has 0 saturated carbocycles. The predicted molar refractivity (Wildman–Crippen MR) is 115 cm³/mol. The maximum Gasteiger partial charge on any atom is 0.407 e. The summed E-state index contributed by atoms with van der Waals surface area (Å²) >= 11 is 0. The van der Waals surface area contributed by atoms with E-state index in [0.717, 1.165) is 22.3 Å². The number of furan rings is 1. The fourth-order valence-electron chi connectivity index (χ4n) is 3.80. The van der Waals surface area contributed by atoms with Crippen LogP contribution in [-0.2, 0) is 16.1 Å². The van der Waals surface area contributed by atoms with Gasteiger partial charge in [-0.25, -0.2) is 9.59 Å². The lowest BCUT2D eigenvalue weighted by Crippen LogP contribution is -2.44. The van der Waals surface area contributed by atoms with Gasteiger partial charge in [0, 0.05) is 5.92 Å². The number of alkyl carbamates (subject to hydrolysis) is 1. The predicted octanol–water partition coefficient (Wildman–Crippen LogP) is 3.52. The Hall–Kier alpha value is -4.07. The van der Waals surface area contributed by atoms with Gasteiger partial charge < -0.3 is 24.9 Å². The molecular weight excluding hydrogens is 412 g/mol. The number of amides is 2. The van der Waals surface area contributed by atoms with Crippen molar-refractivity contribution in [3.05, 3.63) is 83.3 Å². The number of carbonyl (C=O) groups excluding carboxylic acids is 2. The Balaban J connectivity index is 1.30. The Morgan fingerprint density at radius 2 is 1.62 bits per heavy atom. The Kier molecular flexibility index (Phi) is 5.93. The van der Waals surface area contributed by atoms with Gasteiger partial charge in [0.25, 0.3) is 0 Å². The Bertz CT molecular complexity index is 1120. The third-order valence-electron chi connectivity index (χ3n) is 5.38. The van der Waals surface area contributed by atoms with Crippen LogP contribution in [0.15, 0.2) is 65.1 Å². The Labute approximate surface area is 184 Å². The zero-order chi connectivity index (χ0) is 22.7. The monoisotopic (exact) mass is 434 g/mol. The van der Waals surface area contributed by atoms with E-state index in [4.69, 9.17) is 14.3 Å². The maximum absolute atomic E-state index is 12.3. The zero-order valence-corrected chi connectivity index (χ0v) is 17.3. The van der Waals surface area contributed by atoms with Crippen LogP contribution in [0.1, 0.15) is 40.3 Å². The topological polar surface area (TPSA) is 118 Å². The number of carboxylic acids is 1. The second kappa shape index (κ2) is 8.97. The second-order valence-electron chi connectivity index (χ2n) is 7.48. The van der Waals surface area contributed by atoms with E-state index in [9.17, 15) is 14.4 Å². The molecule has 1 aromatic heterocycles. The Morgan fingerprint density at radius 1 is 1.00 bits per heavy atom. The molecule has 0 spiro atoms. The summed E-state index contributed by atoms with van der Waals surface area (Å²) in [6.07, 6.45) is -0.694. The van der Waals surface area contributed by atoms with Crippen LogP contribution >= 0.6 is 0 Å². The number of hydrogen-bond acceptors (Lipinski definition) is 5. The average molecular weight is 434 g/mol. The van der Waals surface area contributed by atoms with Crippen LogP contribution in [-0.4, -0.2) is 35.7 Å². The fraction of sp³-hybridized carbons (Fsp3) is 0.208. The molecule has 4 rings (SSSR count). The molecule has 0 radical (unpaired) electrons. The van der Waals surface area contributed by atoms with Gasteiger partial charge in [-0.05, 0) is 41.3 Å². The molecule has 8 heteroatoms. The lowest BCUT2D eigenvalue weighted by atomic mass is 9.98. The number of fused-ring (bicyclic) bond motifs is 3. The van der Waals surface area contributed by atoms with E-state index in [1.54, 1.807) is 0 Å². The van der Waals surface area contributed by atoms with Crippen LogP contribution in [0, 0.1) is 0 Å². The van der Waals surface area contributed by atoms with E-state index >= 15 is 0 Å². The van der Waals surface area contributed by atoms with E-state index in [1.807, 2.05) is 36.4 Å². The summed E-state index contributed by atoms with van der Waals surface area (Å²) in [4.78, 5) is 35.4. The van der Waals surface area contributed by atoms with Gasteiger partial charge in [-0.2, -0.15) is 0 Å². The first kappa shape index (κ1) is 21.2. The highest BCUT2D eigenvalue weighted by atomic mass is 16.5. The minimum atomic E-state index is -1.19. The molecule has 0 bridgehead atoms. The van der Waals surface area contributed by atoms with E-state index < -0.39 is 24.0 Å². The summed E-state index contributed by atoms with van der Waals surface area (Å²) in [6.45, 7) is 1.68. The van der Waals surface area contributed by atoms with Crippen LogP contribution in [0.25, 0.3) is 11.1 Å². The zero-order valence-electron chi connectivity index (χ0n) is 17.3. The van der Waals surface area contributed by atoms with Crippen molar-refractivity contribution in [2.45, 2.75) is 25.4 Å². The van der Waals surface area contributed by atoms with Gasteiger partial charge >= 0.3 is 12.1 Å². The summed E-state index contributed by atoms with van der Waals surface area (Å²) in [5.41, 5.74) is 4.47. The smallest absolute Gasteiger partial charge is 0.407 e. The van der Waals surface area contributed by atoms with Crippen molar-refractivity contribution in [1.29, 1.82) is 0 Å². The lowest BCUT2D eigenvalue weighted by molar-refractivity contribution is -0.122. The molecule has 2 amide bonds. The molecule has 1 atom stereocenters. The SMILES string of the molecule is CC(NC(=O)OCC1c2ccccc2-c2ccccc21)C(=O)NCc1ccc(C(=O)O)o1. The fourth-order valence-corrected chi connectivity index (χ4v) is 3.80. The summed E-state index contributed by atoms with van der Waals surface area (Å²) in [7, 11) is 0. The number of benzene rings is 2. The molecule has 2 aromatic carbocycles. The second-order valence-corrected chi connectivity index (χ2v) is 7.48. The van der Waals surface area contributed by atoms with E-state index in [-0.39, 0.29) is 24.8 Å². The largest absolute Gasteiger partial charge is 0.475 e. The molecule has 1 unspecified atom stereocenters. The van der Waals surface area contributed by atoms with Crippen molar-refractivity contribution in [3.63, 3.8) is 0 Å². The summed E-state index contributed by atoms with van der Waals surface area (Å²) < 4.78 is 10.5. The van der Waals surface area contributed by atoms with E-state index in [2.05, 4.69) is 22.8 Å². The van der Waals surface area contributed by atoms with Gasteiger partial charge in [0.1, 0.15) is 18.4 Å². The number of nitrogens with one attached hydrogen (secondary N) is 2. The number of carbonyl (C=O) groups is 3. The number of rotatable bonds is 7. The molecule has 164 valence electrons.